The summed E-state index contributed by atoms with van der Waals surface area (Å²) in [6, 6.07) is 1.90. The molecule has 0 saturated heterocycles. The Morgan fingerprint density at radius 2 is 1.81 bits per heavy atom. The Morgan fingerprint density at radius 3 is 2.19 bits per heavy atom. The molecule has 2 N–H and O–H groups in total. The molecule has 0 heterocycles. The van der Waals surface area contributed by atoms with Crippen LogP contribution in [0.4, 0.5) is 0 Å². The fourth-order valence-corrected chi connectivity index (χ4v) is 3.62. The third kappa shape index (κ3) is 4.20. The molecule has 2 atom stereocenters. The highest BCUT2D eigenvalue weighted by molar-refractivity contribution is 5.89. The first kappa shape index (κ1) is 17.5. The van der Waals surface area contributed by atoms with E-state index in [1.807, 2.05) is 13.0 Å². The van der Waals surface area contributed by atoms with Crippen LogP contribution >= 0.6 is 0 Å². The van der Waals surface area contributed by atoms with E-state index >= 15 is 0 Å². The second kappa shape index (κ2) is 8.02. The SMILES string of the molecule is CC[C@@H](C1CCCCCCC1)[C@](C#N)(NC(C)=O)C(=O)O. The van der Waals surface area contributed by atoms with Gasteiger partial charge in [0, 0.05) is 12.8 Å². The number of carboxylic acid groups (broad SMARTS) is 1. The van der Waals surface area contributed by atoms with Crippen LogP contribution in [0.25, 0.3) is 0 Å². The summed E-state index contributed by atoms with van der Waals surface area (Å²) in [7, 11) is 0. The van der Waals surface area contributed by atoms with Crippen LogP contribution in [0.15, 0.2) is 0 Å². The molecule has 1 fully saturated rings. The zero-order chi connectivity index (χ0) is 15.9. The monoisotopic (exact) mass is 294 g/mol. The Bertz CT molecular complexity index is 408. The summed E-state index contributed by atoms with van der Waals surface area (Å²) in [5.41, 5.74) is -1.80. The number of rotatable bonds is 5. The smallest absolute Gasteiger partial charge is 0.344 e. The number of nitrogens with zero attached hydrogens (tertiary/aromatic N) is 1. The maximum atomic E-state index is 11.7. The third-order valence-electron chi connectivity index (χ3n) is 4.60. The van der Waals surface area contributed by atoms with E-state index in [9.17, 15) is 20.0 Å². The molecule has 0 unspecified atom stereocenters. The summed E-state index contributed by atoms with van der Waals surface area (Å²) in [6.07, 6.45) is 8.16. The molecule has 0 spiro atoms. The van der Waals surface area contributed by atoms with Gasteiger partial charge in [-0.3, -0.25) is 4.79 Å². The molecule has 0 radical (unpaired) electrons. The number of aliphatic carboxylic acids is 1. The second-order valence-corrected chi connectivity index (χ2v) is 6.03. The lowest BCUT2D eigenvalue weighted by Crippen LogP contribution is -2.59. The molecule has 1 rings (SSSR count). The first-order valence-corrected chi connectivity index (χ1v) is 7.91. The van der Waals surface area contributed by atoms with Gasteiger partial charge in [-0.25, -0.2) is 4.79 Å². The van der Waals surface area contributed by atoms with Gasteiger partial charge in [-0.1, -0.05) is 51.9 Å². The summed E-state index contributed by atoms with van der Waals surface area (Å²) in [5.74, 6) is -1.88. The minimum Gasteiger partial charge on any atom is -0.479 e. The zero-order valence-electron chi connectivity index (χ0n) is 13.0. The number of carboxylic acids is 1. The van der Waals surface area contributed by atoms with Crippen LogP contribution < -0.4 is 5.32 Å². The molecular formula is C16H26N2O3. The Morgan fingerprint density at radius 1 is 1.29 bits per heavy atom. The summed E-state index contributed by atoms with van der Waals surface area (Å²) in [4.78, 5) is 23.2. The third-order valence-corrected chi connectivity index (χ3v) is 4.60. The van der Waals surface area contributed by atoms with Crippen molar-refractivity contribution in [1.82, 2.24) is 5.32 Å². The molecule has 5 nitrogen and oxygen atoms in total. The number of carbonyl (C=O) groups is 2. The van der Waals surface area contributed by atoms with Crippen LogP contribution in [0.3, 0.4) is 0 Å². The summed E-state index contributed by atoms with van der Waals surface area (Å²) >= 11 is 0. The van der Waals surface area contributed by atoms with E-state index in [0.717, 1.165) is 25.7 Å². The van der Waals surface area contributed by atoms with E-state index in [0.29, 0.717) is 6.42 Å². The van der Waals surface area contributed by atoms with Gasteiger partial charge in [0.2, 0.25) is 11.4 Å². The Labute approximate surface area is 126 Å². The predicted octanol–water partition coefficient (Wildman–Crippen LogP) is 2.86. The van der Waals surface area contributed by atoms with Gasteiger partial charge in [-0.15, -0.1) is 0 Å². The van der Waals surface area contributed by atoms with Crippen LogP contribution in [0, 0.1) is 23.2 Å². The van der Waals surface area contributed by atoms with Crippen molar-refractivity contribution in [2.75, 3.05) is 0 Å². The van der Waals surface area contributed by atoms with Crippen LogP contribution in [0.1, 0.15) is 65.2 Å². The van der Waals surface area contributed by atoms with Gasteiger partial charge in [0.15, 0.2) is 0 Å². The fourth-order valence-electron chi connectivity index (χ4n) is 3.62. The minimum atomic E-state index is -1.80. The van der Waals surface area contributed by atoms with Crippen molar-refractivity contribution in [3.63, 3.8) is 0 Å². The predicted molar refractivity (Wildman–Crippen MR) is 79.4 cm³/mol. The highest BCUT2D eigenvalue weighted by Crippen LogP contribution is 2.36. The molecule has 118 valence electrons. The molecule has 5 heteroatoms. The van der Waals surface area contributed by atoms with Gasteiger partial charge in [-0.05, 0) is 12.3 Å². The number of hydrogen-bond acceptors (Lipinski definition) is 3. The van der Waals surface area contributed by atoms with E-state index in [1.165, 1.54) is 26.2 Å². The van der Waals surface area contributed by atoms with Gasteiger partial charge in [0.1, 0.15) is 6.07 Å². The lowest BCUT2D eigenvalue weighted by molar-refractivity contribution is -0.148. The highest BCUT2D eigenvalue weighted by atomic mass is 16.4. The normalized spacial score (nSPS) is 21.2. The largest absolute Gasteiger partial charge is 0.479 e. The van der Waals surface area contributed by atoms with Crippen molar-refractivity contribution in [3.05, 3.63) is 0 Å². The maximum Gasteiger partial charge on any atom is 0.344 e. The van der Waals surface area contributed by atoms with E-state index < -0.39 is 17.4 Å². The van der Waals surface area contributed by atoms with Crippen molar-refractivity contribution < 1.29 is 14.7 Å². The van der Waals surface area contributed by atoms with Gasteiger partial charge >= 0.3 is 5.97 Å². The number of carbonyl (C=O) groups excluding carboxylic acids is 1. The number of amides is 1. The average molecular weight is 294 g/mol. The lowest BCUT2D eigenvalue weighted by atomic mass is 9.70. The molecule has 1 saturated carbocycles. The summed E-state index contributed by atoms with van der Waals surface area (Å²) in [5, 5.41) is 21.5. The summed E-state index contributed by atoms with van der Waals surface area (Å²) < 4.78 is 0. The number of nitrogens with one attached hydrogen (secondary N) is 1. The van der Waals surface area contributed by atoms with Gasteiger partial charge in [0.25, 0.3) is 0 Å². The van der Waals surface area contributed by atoms with Crippen molar-refractivity contribution in [2.45, 2.75) is 70.8 Å². The van der Waals surface area contributed by atoms with Crippen LogP contribution in [-0.2, 0) is 9.59 Å². The molecule has 0 aromatic rings. The van der Waals surface area contributed by atoms with Crippen molar-refractivity contribution in [3.8, 4) is 6.07 Å². The maximum absolute atomic E-state index is 11.7. The highest BCUT2D eigenvalue weighted by Gasteiger charge is 2.49. The zero-order valence-corrected chi connectivity index (χ0v) is 13.0. The molecule has 0 bridgehead atoms. The second-order valence-electron chi connectivity index (χ2n) is 6.03. The van der Waals surface area contributed by atoms with E-state index in [2.05, 4.69) is 5.32 Å². The Hall–Kier alpha value is -1.57. The fraction of sp³-hybridized carbons (Fsp3) is 0.812. The average Bonchev–Trinajstić information content (AvgIpc) is 2.39. The van der Waals surface area contributed by atoms with Gasteiger partial charge in [0.05, 0.1) is 0 Å². The molecule has 1 aliphatic carbocycles. The van der Waals surface area contributed by atoms with Crippen LogP contribution in [0.5, 0.6) is 0 Å². The molecule has 1 aliphatic rings. The van der Waals surface area contributed by atoms with Crippen LogP contribution in [0.2, 0.25) is 0 Å². The first-order chi connectivity index (χ1) is 9.97. The van der Waals surface area contributed by atoms with Crippen LogP contribution in [-0.4, -0.2) is 22.5 Å². The Kier molecular flexibility index (Phi) is 6.67. The van der Waals surface area contributed by atoms with Crippen molar-refractivity contribution >= 4 is 11.9 Å². The van der Waals surface area contributed by atoms with Crippen molar-refractivity contribution in [1.29, 1.82) is 5.26 Å². The molecule has 0 aromatic heterocycles. The first-order valence-electron chi connectivity index (χ1n) is 7.91. The van der Waals surface area contributed by atoms with Gasteiger partial charge in [-0.2, -0.15) is 5.26 Å². The standard InChI is InChI=1S/C16H26N2O3/c1-3-14(13-9-7-5-4-6-8-10-13)16(11-17,15(20)21)18-12(2)19/h13-14H,3-10H2,1-2H3,(H,18,19)(H,20,21)/t14-,16-/m0/s1. The molecule has 1 amide bonds. The van der Waals surface area contributed by atoms with E-state index in [1.54, 1.807) is 0 Å². The molecule has 21 heavy (non-hydrogen) atoms. The Balaban J connectivity index is 3.07. The van der Waals surface area contributed by atoms with Gasteiger partial charge < -0.3 is 10.4 Å². The topological polar surface area (TPSA) is 90.2 Å². The number of nitriles is 1. The lowest BCUT2D eigenvalue weighted by Gasteiger charge is -2.37. The molecule has 0 aromatic carbocycles. The van der Waals surface area contributed by atoms with E-state index in [4.69, 9.17) is 0 Å². The summed E-state index contributed by atoms with van der Waals surface area (Å²) in [6.45, 7) is 3.17. The minimum absolute atomic E-state index is 0.179. The molecule has 0 aliphatic heterocycles. The quantitative estimate of drug-likeness (QED) is 0.815. The van der Waals surface area contributed by atoms with Crippen molar-refractivity contribution in [2.24, 2.45) is 11.8 Å². The molecular weight excluding hydrogens is 268 g/mol. The van der Waals surface area contributed by atoms with E-state index in [-0.39, 0.29) is 11.8 Å². The number of hydrogen-bond donors (Lipinski definition) is 2.